The summed E-state index contributed by atoms with van der Waals surface area (Å²) in [5.74, 6) is 1.08. The molecule has 1 aliphatic heterocycles. The summed E-state index contributed by atoms with van der Waals surface area (Å²) in [6.07, 6.45) is 2.25. The van der Waals surface area contributed by atoms with Gasteiger partial charge < -0.3 is 15.2 Å². The van der Waals surface area contributed by atoms with Crippen molar-refractivity contribution in [2.45, 2.75) is 39.0 Å². The van der Waals surface area contributed by atoms with E-state index in [1.165, 1.54) is 13.2 Å². The van der Waals surface area contributed by atoms with Crippen molar-refractivity contribution < 1.29 is 18.3 Å². The molecule has 0 amide bonds. The summed E-state index contributed by atoms with van der Waals surface area (Å²) in [7, 11) is 1.45. The quantitative estimate of drug-likeness (QED) is 0.855. The summed E-state index contributed by atoms with van der Waals surface area (Å²) >= 11 is 0. The maximum atomic E-state index is 12.3. The molecule has 1 fully saturated rings. The van der Waals surface area contributed by atoms with E-state index < -0.39 is 6.61 Å². The third kappa shape index (κ3) is 5.48. The Bertz CT molecular complexity index is 491. The molecule has 132 valence electrons. The molecule has 4 nitrogen and oxygen atoms in total. The molecule has 1 saturated heterocycles. The first-order valence-corrected chi connectivity index (χ1v) is 7.59. The lowest BCUT2D eigenvalue weighted by Gasteiger charge is -2.38. The van der Waals surface area contributed by atoms with Crippen molar-refractivity contribution in [3.63, 3.8) is 0 Å². The molecular formula is C16H25ClF2N2O2. The first kappa shape index (κ1) is 19.9. The van der Waals surface area contributed by atoms with Crippen molar-refractivity contribution in [3.05, 3.63) is 23.8 Å². The monoisotopic (exact) mass is 350 g/mol. The molecule has 23 heavy (non-hydrogen) atoms. The van der Waals surface area contributed by atoms with Crippen LogP contribution in [-0.2, 0) is 6.54 Å². The number of nitrogens with two attached hydrogens (primary N) is 1. The van der Waals surface area contributed by atoms with E-state index in [1.807, 2.05) is 0 Å². The van der Waals surface area contributed by atoms with Gasteiger partial charge in [0.2, 0.25) is 0 Å². The first-order valence-electron chi connectivity index (χ1n) is 7.59. The topological polar surface area (TPSA) is 47.7 Å². The average Bonchev–Trinajstić information content (AvgIpc) is 2.49. The van der Waals surface area contributed by atoms with E-state index in [0.717, 1.165) is 31.5 Å². The Morgan fingerprint density at radius 2 is 2.09 bits per heavy atom. The van der Waals surface area contributed by atoms with Crippen LogP contribution in [0.15, 0.2) is 18.2 Å². The largest absolute Gasteiger partial charge is 0.493 e. The number of ether oxygens (including phenoxy) is 2. The van der Waals surface area contributed by atoms with Gasteiger partial charge in [0.05, 0.1) is 7.11 Å². The highest BCUT2D eigenvalue weighted by Crippen LogP contribution is 2.31. The van der Waals surface area contributed by atoms with E-state index in [0.29, 0.717) is 24.3 Å². The number of rotatable bonds is 6. The van der Waals surface area contributed by atoms with E-state index >= 15 is 0 Å². The van der Waals surface area contributed by atoms with Crippen molar-refractivity contribution in [3.8, 4) is 11.5 Å². The standard InChI is InChI=1S/C16H24F2N2O2.ClH/c1-11-5-6-20(13(7-11)9-19)10-12-3-4-14(22-16(17)18)15(8-12)21-2;/h3-4,8,11,13,16H,5-7,9-10,19H2,1-2H3;1H. The number of benzene rings is 1. The SMILES string of the molecule is COc1cc(CN2CCC(C)CC2CN)ccc1OC(F)F.Cl. The Hall–Kier alpha value is -1.11. The fourth-order valence-electron chi connectivity index (χ4n) is 2.99. The smallest absolute Gasteiger partial charge is 0.387 e. The number of hydrogen-bond acceptors (Lipinski definition) is 4. The average molecular weight is 351 g/mol. The summed E-state index contributed by atoms with van der Waals surface area (Å²) in [4.78, 5) is 2.35. The summed E-state index contributed by atoms with van der Waals surface area (Å²) in [5, 5.41) is 0. The number of hydrogen-bond donors (Lipinski definition) is 1. The van der Waals surface area contributed by atoms with Gasteiger partial charge in [-0.2, -0.15) is 8.78 Å². The van der Waals surface area contributed by atoms with Gasteiger partial charge in [-0.1, -0.05) is 13.0 Å². The minimum absolute atomic E-state index is 0. The first-order chi connectivity index (χ1) is 10.5. The zero-order valence-corrected chi connectivity index (χ0v) is 14.3. The van der Waals surface area contributed by atoms with Crippen LogP contribution in [0.25, 0.3) is 0 Å². The normalized spacial score (nSPS) is 21.8. The van der Waals surface area contributed by atoms with E-state index in [1.54, 1.807) is 12.1 Å². The fraction of sp³-hybridized carbons (Fsp3) is 0.625. The maximum Gasteiger partial charge on any atom is 0.387 e. The minimum Gasteiger partial charge on any atom is -0.493 e. The highest BCUT2D eigenvalue weighted by Gasteiger charge is 2.25. The summed E-state index contributed by atoms with van der Waals surface area (Å²) < 4.78 is 34.3. The molecule has 2 unspecified atom stereocenters. The van der Waals surface area contributed by atoms with Crippen LogP contribution in [0.4, 0.5) is 8.78 Å². The Balaban J connectivity index is 0.00000264. The number of likely N-dealkylation sites (tertiary alicyclic amines) is 1. The second-order valence-electron chi connectivity index (χ2n) is 5.85. The lowest BCUT2D eigenvalue weighted by Crippen LogP contribution is -2.45. The lowest BCUT2D eigenvalue weighted by molar-refractivity contribution is -0.0512. The molecule has 0 aromatic heterocycles. The highest BCUT2D eigenvalue weighted by molar-refractivity contribution is 5.85. The second-order valence-corrected chi connectivity index (χ2v) is 5.85. The Labute approximate surface area is 142 Å². The van der Waals surface area contributed by atoms with Crippen molar-refractivity contribution >= 4 is 12.4 Å². The van der Waals surface area contributed by atoms with Crippen LogP contribution < -0.4 is 15.2 Å². The molecule has 0 aliphatic carbocycles. The molecule has 1 aromatic rings. The predicted molar refractivity (Wildman–Crippen MR) is 88.5 cm³/mol. The van der Waals surface area contributed by atoms with Crippen molar-refractivity contribution in [1.82, 2.24) is 4.90 Å². The predicted octanol–water partition coefficient (Wildman–Crippen LogP) is 3.28. The highest BCUT2D eigenvalue weighted by atomic mass is 35.5. The van der Waals surface area contributed by atoms with Crippen LogP contribution >= 0.6 is 12.4 Å². The molecule has 2 atom stereocenters. The van der Waals surface area contributed by atoms with Crippen molar-refractivity contribution in [1.29, 1.82) is 0 Å². The van der Waals surface area contributed by atoms with E-state index in [-0.39, 0.29) is 18.2 Å². The van der Waals surface area contributed by atoms with Crippen LogP contribution in [-0.4, -0.2) is 37.8 Å². The molecule has 0 saturated carbocycles. The zero-order valence-electron chi connectivity index (χ0n) is 13.5. The van der Waals surface area contributed by atoms with Gasteiger partial charge in [-0.15, -0.1) is 12.4 Å². The summed E-state index contributed by atoms with van der Waals surface area (Å²) in [6.45, 7) is 1.76. The van der Waals surface area contributed by atoms with E-state index in [4.69, 9.17) is 10.5 Å². The number of halogens is 3. The number of piperidine rings is 1. The third-order valence-electron chi connectivity index (χ3n) is 4.20. The summed E-state index contributed by atoms with van der Waals surface area (Å²) in [6, 6.07) is 5.45. The van der Waals surface area contributed by atoms with Gasteiger partial charge in [-0.3, -0.25) is 4.90 Å². The molecule has 1 heterocycles. The molecule has 0 radical (unpaired) electrons. The number of nitrogens with zero attached hydrogens (tertiary/aromatic N) is 1. The van der Waals surface area contributed by atoms with Crippen LogP contribution in [0.3, 0.4) is 0 Å². The van der Waals surface area contributed by atoms with Gasteiger partial charge in [0, 0.05) is 19.1 Å². The van der Waals surface area contributed by atoms with Crippen LogP contribution in [0.5, 0.6) is 11.5 Å². The van der Waals surface area contributed by atoms with Gasteiger partial charge in [0.25, 0.3) is 0 Å². The van der Waals surface area contributed by atoms with Gasteiger partial charge in [-0.05, 0) is 43.0 Å². The zero-order chi connectivity index (χ0) is 16.1. The second kappa shape index (κ2) is 9.25. The molecule has 2 N–H and O–H groups in total. The van der Waals surface area contributed by atoms with Crippen molar-refractivity contribution in [2.75, 3.05) is 20.2 Å². The summed E-state index contributed by atoms with van der Waals surface area (Å²) in [5.41, 5.74) is 6.88. The van der Waals surface area contributed by atoms with Crippen LogP contribution in [0, 0.1) is 5.92 Å². The number of alkyl halides is 2. The van der Waals surface area contributed by atoms with E-state index in [2.05, 4.69) is 16.6 Å². The molecular weight excluding hydrogens is 326 g/mol. The molecule has 7 heteroatoms. The third-order valence-corrected chi connectivity index (χ3v) is 4.20. The van der Waals surface area contributed by atoms with Gasteiger partial charge in [-0.25, -0.2) is 0 Å². The molecule has 1 aromatic carbocycles. The van der Waals surface area contributed by atoms with Crippen molar-refractivity contribution in [2.24, 2.45) is 11.7 Å². The van der Waals surface area contributed by atoms with Crippen LogP contribution in [0.1, 0.15) is 25.3 Å². The molecule has 0 bridgehead atoms. The molecule has 1 aliphatic rings. The van der Waals surface area contributed by atoms with Gasteiger partial charge >= 0.3 is 6.61 Å². The molecule has 0 spiro atoms. The van der Waals surface area contributed by atoms with E-state index in [9.17, 15) is 8.78 Å². The van der Waals surface area contributed by atoms with Crippen LogP contribution in [0.2, 0.25) is 0 Å². The fourth-order valence-corrected chi connectivity index (χ4v) is 2.99. The molecule has 2 rings (SSSR count). The number of methoxy groups -OCH3 is 1. The lowest BCUT2D eigenvalue weighted by atomic mass is 9.92. The Kier molecular flexibility index (Phi) is 8.02. The Morgan fingerprint density at radius 1 is 1.35 bits per heavy atom. The van der Waals surface area contributed by atoms with Gasteiger partial charge in [0.1, 0.15) is 0 Å². The Morgan fingerprint density at radius 3 is 2.70 bits per heavy atom. The maximum absolute atomic E-state index is 12.3. The van der Waals surface area contributed by atoms with Gasteiger partial charge in [0.15, 0.2) is 11.5 Å². The minimum atomic E-state index is -2.86.